The molecule has 2 nitrogen and oxygen atoms in total. The smallest absolute Gasteiger partial charge is 0.0620 e. The van der Waals surface area contributed by atoms with Gasteiger partial charge in [-0.25, -0.2) is 0 Å². The number of hydrogen-bond acceptors (Lipinski definition) is 1. The van der Waals surface area contributed by atoms with E-state index in [1.165, 1.54) is 5.56 Å². The van der Waals surface area contributed by atoms with Gasteiger partial charge in [0.1, 0.15) is 6.21 Å². The minimum Gasteiger partial charge on any atom is -0.0620 e. The van der Waals surface area contributed by atoms with Gasteiger partial charge in [-0.15, -0.1) is 0 Å². The monoisotopic (exact) mass is 197 g/mol. The molecule has 0 radical (unpaired) electrons. The van der Waals surface area contributed by atoms with Crippen molar-refractivity contribution in [2.45, 2.75) is 6.92 Å². The van der Waals surface area contributed by atoms with Crippen molar-refractivity contribution in [3.63, 3.8) is 0 Å². The third kappa shape index (κ3) is 2.50. The summed E-state index contributed by atoms with van der Waals surface area (Å²) in [5.74, 6) is 0. The summed E-state index contributed by atoms with van der Waals surface area (Å²) in [6.07, 6.45) is 5.69. The van der Waals surface area contributed by atoms with Crippen molar-refractivity contribution >= 4 is 6.21 Å². The van der Waals surface area contributed by atoms with Crippen molar-refractivity contribution in [2.24, 2.45) is 5.10 Å². The Balaban J connectivity index is 2.23. The third-order valence-corrected chi connectivity index (χ3v) is 2.22. The van der Waals surface area contributed by atoms with Crippen molar-refractivity contribution in [1.29, 1.82) is 0 Å². The maximum absolute atomic E-state index is 4.33. The van der Waals surface area contributed by atoms with Gasteiger partial charge in [-0.2, -0.15) is 0 Å². The summed E-state index contributed by atoms with van der Waals surface area (Å²) in [7, 11) is 0. The van der Waals surface area contributed by atoms with Gasteiger partial charge in [-0.05, 0) is 17.6 Å². The first-order valence-corrected chi connectivity index (χ1v) is 4.92. The molecule has 0 bridgehead atoms. The highest BCUT2D eigenvalue weighted by Crippen LogP contribution is 2.02. The quantitative estimate of drug-likeness (QED) is 0.518. The van der Waals surface area contributed by atoms with E-state index in [2.05, 4.69) is 24.2 Å². The maximum Gasteiger partial charge on any atom is 0.202 e. The molecular weight excluding hydrogens is 184 g/mol. The Bertz CT molecular complexity index is 461. The normalized spacial score (nSPS) is 10.7. The Morgan fingerprint density at radius 3 is 2.47 bits per heavy atom. The third-order valence-electron chi connectivity index (χ3n) is 2.22. The molecule has 1 aromatic carbocycles. The number of pyridine rings is 1. The van der Waals surface area contributed by atoms with Crippen LogP contribution in [-0.4, -0.2) is 6.21 Å². The van der Waals surface area contributed by atoms with E-state index < -0.39 is 0 Å². The Kier molecular flexibility index (Phi) is 2.88. The second-order valence-electron chi connectivity index (χ2n) is 3.36. The van der Waals surface area contributed by atoms with Gasteiger partial charge in [0, 0.05) is 17.7 Å². The summed E-state index contributed by atoms with van der Waals surface area (Å²) in [5.41, 5.74) is 2.38. The number of hydrogen-bond donors (Lipinski definition) is 0. The minimum atomic E-state index is 1.15. The molecule has 0 N–H and O–H groups in total. The molecule has 0 aliphatic carbocycles. The standard InChI is InChI=1S/C13H13N2/c1-12-7-3-4-8-13(12)11-14-15-9-5-2-6-10-15/h2-11H,1H3/q+1. The van der Waals surface area contributed by atoms with Gasteiger partial charge >= 0.3 is 0 Å². The second-order valence-corrected chi connectivity index (χ2v) is 3.36. The van der Waals surface area contributed by atoms with Gasteiger partial charge in [-0.3, -0.25) is 0 Å². The summed E-state index contributed by atoms with van der Waals surface area (Å²) in [5, 5.41) is 4.33. The zero-order valence-corrected chi connectivity index (χ0v) is 8.67. The molecule has 0 aliphatic rings. The zero-order chi connectivity index (χ0) is 10.5. The van der Waals surface area contributed by atoms with Crippen LogP contribution < -0.4 is 4.68 Å². The zero-order valence-electron chi connectivity index (χ0n) is 8.67. The maximum atomic E-state index is 4.33. The molecule has 0 amide bonds. The molecule has 0 saturated heterocycles. The highest BCUT2D eigenvalue weighted by Gasteiger charge is 1.95. The van der Waals surface area contributed by atoms with Crippen LogP contribution in [0.2, 0.25) is 0 Å². The molecule has 0 fully saturated rings. The number of benzene rings is 1. The Morgan fingerprint density at radius 1 is 1.00 bits per heavy atom. The Hall–Kier alpha value is -1.96. The first kappa shape index (κ1) is 9.59. The van der Waals surface area contributed by atoms with Gasteiger partial charge in [0.15, 0.2) is 0 Å². The fraction of sp³-hybridized carbons (Fsp3) is 0.0769. The minimum absolute atomic E-state index is 1.15. The van der Waals surface area contributed by atoms with Crippen molar-refractivity contribution in [2.75, 3.05) is 0 Å². The molecule has 15 heavy (non-hydrogen) atoms. The van der Waals surface area contributed by atoms with Crippen molar-refractivity contribution < 1.29 is 4.68 Å². The van der Waals surface area contributed by atoms with Crippen LogP contribution in [0.25, 0.3) is 0 Å². The highest BCUT2D eigenvalue weighted by molar-refractivity contribution is 5.80. The lowest BCUT2D eigenvalue weighted by Gasteiger charge is -1.95. The largest absolute Gasteiger partial charge is 0.202 e. The molecule has 1 heterocycles. The second kappa shape index (κ2) is 4.51. The fourth-order valence-corrected chi connectivity index (χ4v) is 1.33. The molecule has 0 unspecified atom stereocenters. The lowest BCUT2D eigenvalue weighted by Crippen LogP contribution is -2.25. The number of rotatable bonds is 2. The van der Waals surface area contributed by atoms with E-state index >= 15 is 0 Å². The van der Waals surface area contributed by atoms with E-state index in [0.29, 0.717) is 0 Å². The number of nitrogens with zero attached hydrogens (tertiary/aromatic N) is 2. The van der Waals surface area contributed by atoms with Crippen LogP contribution in [0.5, 0.6) is 0 Å². The number of aryl methyl sites for hydroxylation is 1. The van der Waals surface area contributed by atoms with Gasteiger partial charge < -0.3 is 0 Å². The summed E-state index contributed by atoms with van der Waals surface area (Å²) in [4.78, 5) is 0. The van der Waals surface area contributed by atoms with Crippen molar-refractivity contribution in [3.05, 3.63) is 66.0 Å². The topological polar surface area (TPSA) is 16.2 Å². The first-order valence-electron chi connectivity index (χ1n) is 4.92. The average Bonchev–Trinajstić information content (AvgIpc) is 2.29. The molecule has 2 rings (SSSR count). The molecule has 1 aromatic heterocycles. The summed E-state index contributed by atoms with van der Waals surface area (Å²) < 4.78 is 1.78. The molecule has 2 heteroatoms. The van der Waals surface area contributed by atoms with E-state index in [0.717, 1.165) is 5.56 Å². The molecule has 2 aromatic rings. The molecule has 74 valence electrons. The lowest BCUT2D eigenvalue weighted by atomic mass is 10.1. The first-order chi connectivity index (χ1) is 7.36. The summed E-state index contributed by atoms with van der Waals surface area (Å²) in [6.45, 7) is 2.08. The van der Waals surface area contributed by atoms with E-state index in [9.17, 15) is 0 Å². The predicted molar refractivity (Wildman–Crippen MR) is 60.8 cm³/mol. The highest BCUT2D eigenvalue weighted by atomic mass is 15.3. The van der Waals surface area contributed by atoms with E-state index in [4.69, 9.17) is 0 Å². The predicted octanol–water partition coefficient (Wildman–Crippen LogP) is 2.16. The van der Waals surface area contributed by atoms with Gasteiger partial charge in [0.2, 0.25) is 12.4 Å². The summed E-state index contributed by atoms with van der Waals surface area (Å²) in [6, 6.07) is 14.1. The Labute approximate surface area is 89.5 Å². The molecule has 0 atom stereocenters. The van der Waals surface area contributed by atoms with E-state index in [1.54, 1.807) is 4.68 Å². The molecular formula is C13H13N2+. The van der Waals surface area contributed by atoms with Crippen LogP contribution in [0, 0.1) is 6.92 Å². The van der Waals surface area contributed by atoms with Gasteiger partial charge in [0.25, 0.3) is 0 Å². The van der Waals surface area contributed by atoms with Gasteiger partial charge in [-0.1, -0.05) is 35.0 Å². The van der Waals surface area contributed by atoms with Crippen LogP contribution in [0.1, 0.15) is 11.1 Å². The van der Waals surface area contributed by atoms with E-state index in [-0.39, 0.29) is 0 Å². The van der Waals surface area contributed by atoms with Crippen LogP contribution in [0.3, 0.4) is 0 Å². The van der Waals surface area contributed by atoms with Crippen LogP contribution in [0.15, 0.2) is 60.0 Å². The summed E-state index contributed by atoms with van der Waals surface area (Å²) >= 11 is 0. The fourth-order valence-electron chi connectivity index (χ4n) is 1.33. The van der Waals surface area contributed by atoms with Crippen LogP contribution >= 0.6 is 0 Å². The molecule has 0 saturated carbocycles. The molecule has 0 aliphatic heterocycles. The van der Waals surface area contributed by atoms with Crippen molar-refractivity contribution in [3.8, 4) is 0 Å². The van der Waals surface area contributed by atoms with E-state index in [1.807, 2.05) is 48.9 Å². The van der Waals surface area contributed by atoms with Crippen LogP contribution in [0.4, 0.5) is 0 Å². The van der Waals surface area contributed by atoms with Gasteiger partial charge in [0.05, 0.1) is 0 Å². The number of aromatic nitrogens is 1. The SMILES string of the molecule is Cc1ccccc1C=N[n+]1ccccc1. The molecule has 0 spiro atoms. The average molecular weight is 197 g/mol. The Morgan fingerprint density at radius 2 is 1.73 bits per heavy atom. The van der Waals surface area contributed by atoms with Crippen LogP contribution in [-0.2, 0) is 0 Å². The van der Waals surface area contributed by atoms with Crippen molar-refractivity contribution in [1.82, 2.24) is 0 Å². The lowest BCUT2D eigenvalue weighted by molar-refractivity contribution is -0.678.